The van der Waals surface area contributed by atoms with Crippen molar-refractivity contribution in [2.24, 2.45) is 5.92 Å². The summed E-state index contributed by atoms with van der Waals surface area (Å²) < 4.78 is 9.97. The number of nitrogens with zero attached hydrogens (tertiary/aromatic N) is 2. The van der Waals surface area contributed by atoms with Crippen LogP contribution in [-0.2, 0) is 25.7 Å². The Morgan fingerprint density at radius 1 is 1.23 bits per heavy atom. The lowest BCUT2D eigenvalue weighted by atomic mass is 10.1. The van der Waals surface area contributed by atoms with Gasteiger partial charge in [-0.25, -0.2) is 0 Å². The highest BCUT2D eigenvalue weighted by molar-refractivity contribution is 5.95. The number of likely N-dealkylation sites (tertiary alicyclic amines) is 1. The highest BCUT2D eigenvalue weighted by atomic mass is 16.6. The van der Waals surface area contributed by atoms with Crippen LogP contribution in [0.3, 0.4) is 0 Å². The summed E-state index contributed by atoms with van der Waals surface area (Å²) in [6.07, 6.45) is 0.0111. The molecular formula is C21H21N3O7. The Morgan fingerprint density at radius 3 is 2.65 bits per heavy atom. The van der Waals surface area contributed by atoms with Crippen molar-refractivity contribution in [3.63, 3.8) is 0 Å². The first kappa shape index (κ1) is 21.8. The number of nitro groups is 1. The fraction of sp³-hybridized carbons (Fsp3) is 0.286. The zero-order valence-electron chi connectivity index (χ0n) is 16.8. The Kier molecular flexibility index (Phi) is 6.81. The number of hydrogen-bond donors (Lipinski definition) is 1. The van der Waals surface area contributed by atoms with Gasteiger partial charge in [0.15, 0.2) is 6.61 Å². The molecule has 1 aliphatic heterocycles. The molecule has 1 atom stereocenters. The van der Waals surface area contributed by atoms with Gasteiger partial charge in [-0.15, -0.1) is 0 Å². The fourth-order valence-electron chi connectivity index (χ4n) is 3.22. The Bertz CT molecular complexity index is 994. The summed E-state index contributed by atoms with van der Waals surface area (Å²) in [5.74, 6) is -1.96. The van der Waals surface area contributed by atoms with E-state index in [1.165, 1.54) is 25.3 Å². The molecule has 0 saturated carbocycles. The number of benzene rings is 2. The van der Waals surface area contributed by atoms with Crippen LogP contribution in [0.2, 0.25) is 0 Å². The molecule has 1 N–H and O–H groups in total. The van der Waals surface area contributed by atoms with Gasteiger partial charge in [0.25, 0.3) is 11.6 Å². The van der Waals surface area contributed by atoms with Crippen LogP contribution in [0.25, 0.3) is 0 Å². The van der Waals surface area contributed by atoms with Crippen molar-refractivity contribution >= 4 is 29.2 Å². The van der Waals surface area contributed by atoms with Crippen LogP contribution in [-0.4, -0.2) is 47.9 Å². The number of carbonyl (C=O) groups is 3. The van der Waals surface area contributed by atoms with E-state index in [2.05, 4.69) is 5.32 Å². The first-order valence-corrected chi connectivity index (χ1v) is 9.48. The molecule has 0 aliphatic carbocycles. The summed E-state index contributed by atoms with van der Waals surface area (Å²) >= 11 is 0. The van der Waals surface area contributed by atoms with Crippen molar-refractivity contribution < 1.29 is 28.8 Å². The number of hydrogen-bond acceptors (Lipinski definition) is 7. The van der Waals surface area contributed by atoms with Gasteiger partial charge in [0.1, 0.15) is 11.4 Å². The van der Waals surface area contributed by atoms with Crippen molar-refractivity contribution in [1.82, 2.24) is 4.90 Å². The normalized spacial score (nSPS) is 15.5. The van der Waals surface area contributed by atoms with E-state index in [1.807, 2.05) is 30.3 Å². The minimum absolute atomic E-state index is 0.0111. The van der Waals surface area contributed by atoms with Crippen molar-refractivity contribution in [2.75, 3.05) is 25.6 Å². The molecular weight excluding hydrogens is 406 g/mol. The second kappa shape index (κ2) is 9.70. The van der Waals surface area contributed by atoms with Gasteiger partial charge in [-0.1, -0.05) is 30.3 Å². The van der Waals surface area contributed by atoms with Crippen molar-refractivity contribution in [3.8, 4) is 5.75 Å². The Balaban J connectivity index is 1.52. The number of esters is 1. The maximum absolute atomic E-state index is 12.3. The molecule has 31 heavy (non-hydrogen) atoms. The fourth-order valence-corrected chi connectivity index (χ4v) is 3.22. The standard InChI is InChI=1S/C21H21N3O7/c1-30-16-7-8-17(18(10-16)24(28)29)22-19(25)13-31-21(27)15-9-20(26)23(12-15)11-14-5-3-2-4-6-14/h2-8,10,15H,9,11-13H2,1H3,(H,22,25)/t15-/m1/s1. The zero-order valence-corrected chi connectivity index (χ0v) is 16.8. The summed E-state index contributed by atoms with van der Waals surface area (Å²) in [4.78, 5) is 48.7. The van der Waals surface area contributed by atoms with Gasteiger partial charge in [0.05, 0.1) is 24.0 Å². The van der Waals surface area contributed by atoms with E-state index in [4.69, 9.17) is 9.47 Å². The number of nitrogens with one attached hydrogen (secondary N) is 1. The molecule has 162 valence electrons. The minimum Gasteiger partial charge on any atom is -0.496 e. The summed E-state index contributed by atoms with van der Waals surface area (Å²) in [5, 5.41) is 13.5. The molecule has 0 aromatic heterocycles. The lowest BCUT2D eigenvalue weighted by molar-refractivity contribution is -0.384. The quantitative estimate of drug-likeness (QED) is 0.388. The second-order valence-electron chi connectivity index (χ2n) is 6.96. The first-order chi connectivity index (χ1) is 14.9. The molecule has 0 unspecified atom stereocenters. The molecule has 1 fully saturated rings. The molecule has 1 heterocycles. The van der Waals surface area contributed by atoms with Gasteiger partial charge in [0.2, 0.25) is 5.91 Å². The van der Waals surface area contributed by atoms with Crippen LogP contribution in [0, 0.1) is 16.0 Å². The average Bonchev–Trinajstić information content (AvgIpc) is 3.13. The van der Waals surface area contributed by atoms with Crippen LogP contribution in [0.4, 0.5) is 11.4 Å². The third-order valence-corrected chi connectivity index (χ3v) is 4.79. The van der Waals surface area contributed by atoms with Gasteiger partial charge in [0, 0.05) is 19.5 Å². The summed E-state index contributed by atoms with van der Waals surface area (Å²) in [6, 6.07) is 13.4. The van der Waals surface area contributed by atoms with Gasteiger partial charge in [-0.2, -0.15) is 0 Å². The monoisotopic (exact) mass is 427 g/mol. The molecule has 0 radical (unpaired) electrons. The minimum atomic E-state index is -0.730. The van der Waals surface area contributed by atoms with Crippen molar-refractivity contribution in [1.29, 1.82) is 0 Å². The summed E-state index contributed by atoms with van der Waals surface area (Å²) in [7, 11) is 1.37. The lowest BCUT2D eigenvalue weighted by Gasteiger charge is -2.16. The van der Waals surface area contributed by atoms with E-state index in [0.29, 0.717) is 6.54 Å². The Morgan fingerprint density at radius 2 is 1.97 bits per heavy atom. The van der Waals surface area contributed by atoms with Crippen LogP contribution in [0.15, 0.2) is 48.5 Å². The topological polar surface area (TPSA) is 128 Å². The predicted octanol–water partition coefficient (Wildman–Crippen LogP) is 2.13. The van der Waals surface area contributed by atoms with Crippen LogP contribution in [0.1, 0.15) is 12.0 Å². The number of anilines is 1. The molecule has 10 nitrogen and oxygen atoms in total. The number of amides is 2. The van der Waals surface area contributed by atoms with Crippen molar-refractivity contribution in [3.05, 3.63) is 64.2 Å². The summed E-state index contributed by atoms with van der Waals surface area (Å²) in [6.45, 7) is -0.0192. The molecule has 0 bridgehead atoms. The lowest BCUT2D eigenvalue weighted by Crippen LogP contribution is -2.28. The SMILES string of the molecule is COc1ccc(NC(=O)COC(=O)[C@@H]2CC(=O)N(Cc3ccccc3)C2)c([N+](=O)[O-])c1. The molecule has 2 aromatic rings. The average molecular weight is 427 g/mol. The maximum Gasteiger partial charge on any atom is 0.311 e. The number of rotatable bonds is 8. The van der Waals surface area contributed by atoms with E-state index in [9.17, 15) is 24.5 Å². The van der Waals surface area contributed by atoms with Gasteiger partial charge >= 0.3 is 5.97 Å². The number of carbonyl (C=O) groups excluding carboxylic acids is 3. The highest BCUT2D eigenvalue weighted by Crippen LogP contribution is 2.29. The molecule has 2 aromatic carbocycles. The molecule has 10 heteroatoms. The third kappa shape index (κ3) is 5.56. The van der Waals surface area contributed by atoms with Gasteiger partial charge < -0.3 is 19.7 Å². The molecule has 1 saturated heterocycles. The van der Waals surface area contributed by atoms with Crippen LogP contribution in [0.5, 0.6) is 5.75 Å². The van der Waals surface area contributed by atoms with Crippen LogP contribution >= 0.6 is 0 Å². The van der Waals surface area contributed by atoms with E-state index >= 15 is 0 Å². The molecule has 0 spiro atoms. The summed E-state index contributed by atoms with van der Waals surface area (Å²) in [5.41, 5.74) is 0.555. The van der Waals surface area contributed by atoms with E-state index in [-0.39, 0.29) is 36.0 Å². The van der Waals surface area contributed by atoms with Crippen molar-refractivity contribution in [2.45, 2.75) is 13.0 Å². The smallest absolute Gasteiger partial charge is 0.311 e. The predicted molar refractivity (Wildman–Crippen MR) is 109 cm³/mol. The number of nitro benzene ring substituents is 1. The Labute approximate surface area is 177 Å². The zero-order chi connectivity index (χ0) is 22.4. The number of ether oxygens (including phenoxy) is 2. The highest BCUT2D eigenvalue weighted by Gasteiger charge is 2.35. The first-order valence-electron chi connectivity index (χ1n) is 9.48. The molecule has 3 rings (SSSR count). The van der Waals surface area contributed by atoms with E-state index in [0.717, 1.165) is 5.56 Å². The maximum atomic E-state index is 12.3. The van der Waals surface area contributed by atoms with Gasteiger partial charge in [-0.3, -0.25) is 24.5 Å². The number of methoxy groups -OCH3 is 1. The van der Waals surface area contributed by atoms with E-state index in [1.54, 1.807) is 4.90 Å². The molecule has 2 amide bonds. The Hall–Kier alpha value is -3.95. The largest absolute Gasteiger partial charge is 0.496 e. The third-order valence-electron chi connectivity index (χ3n) is 4.79. The van der Waals surface area contributed by atoms with E-state index < -0.39 is 29.3 Å². The molecule has 1 aliphatic rings. The van der Waals surface area contributed by atoms with Crippen LogP contribution < -0.4 is 10.1 Å². The second-order valence-corrected chi connectivity index (χ2v) is 6.96. The van der Waals surface area contributed by atoms with Gasteiger partial charge in [-0.05, 0) is 17.7 Å².